The maximum Gasteiger partial charge on any atom is 0.158 e. The van der Waals surface area contributed by atoms with Gasteiger partial charge in [0.15, 0.2) is 6.29 Å². The van der Waals surface area contributed by atoms with E-state index in [1.165, 1.54) is 0 Å². The van der Waals surface area contributed by atoms with Crippen LogP contribution in [0.5, 0.6) is 0 Å². The van der Waals surface area contributed by atoms with Crippen LogP contribution < -0.4 is 5.73 Å². The molecule has 2 N–H and O–H groups in total. The Balaban J connectivity index is 2.59. The Morgan fingerprint density at radius 3 is 2.06 bits per heavy atom. The van der Waals surface area contributed by atoms with Crippen molar-refractivity contribution in [3.05, 3.63) is 0 Å². The molecular formula is C13H29N3O2. The molecule has 1 saturated heterocycles. The summed E-state index contributed by atoms with van der Waals surface area (Å²) in [7, 11) is 5.55. The molecule has 0 aromatic rings. The van der Waals surface area contributed by atoms with E-state index >= 15 is 0 Å². The summed E-state index contributed by atoms with van der Waals surface area (Å²) in [5.74, 6) is 0. The molecule has 0 aromatic heterocycles. The molecule has 0 aliphatic carbocycles. The highest BCUT2D eigenvalue weighted by Crippen LogP contribution is 2.18. The fourth-order valence-electron chi connectivity index (χ4n) is 2.65. The molecule has 1 fully saturated rings. The maximum absolute atomic E-state index is 5.92. The molecular weight excluding hydrogens is 230 g/mol. The third kappa shape index (κ3) is 3.90. The van der Waals surface area contributed by atoms with E-state index in [9.17, 15) is 0 Å². The van der Waals surface area contributed by atoms with Crippen LogP contribution in [0, 0.1) is 0 Å². The van der Waals surface area contributed by atoms with Gasteiger partial charge in [0.1, 0.15) is 0 Å². The van der Waals surface area contributed by atoms with Crippen LogP contribution in [0.15, 0.2) is 0 Å². The SMILES string of the molecule is COC(CC(CN)N1CC(C)N(C)C(C)C1)OC. The number of methoxy groups -OCH3 is 2. The topological polar surface area (TPSA) is 51.0 Å². The van der Waals surface area contributed by atoms with Gasteiger partial charge in [-0.15, -0.1) is 0 Å². The summed E-state index contributed by atoms with van der Waals surface area (Å²) in [6.45, 7) is 7.29. The van der Waals surface area contributed by atoms with E-state index in [1.54, 1.807) is 14.2 Å². The quantitative estimate of drug-likeness (QED) is 0.698. The number of piperazine rings is 1. The van der Waals surface area contributed by atoms with Gasteiger partial charge >= 0.3 is 0 Å². The molecule has 0 saturated carbocycles. The van der Waals surface area contributed by atoms with Crippen molar-refractivity contribution in [2.24, 2.45) is 5.73 Å². The van der Waals surface area contributed by atoms with E-state index in [1.807, 2.05) is 0 Å². The summed E-state index contributed by atoms with van der Waals surface area (Å²) in [5, 5.41) is 0. The van der Waals surface area contributed by atoms with Gasteiger partial charge < -0.3 is 15.2 Å². The maximum atomic E-state index is 5.92. The Hall–Kier alpha value is -0.200. The predicted molar refractivity (Wildman–Crippen MR) is 73.5 cm³/mol. The molecule has 1 aliphatic rings. The first kappa shape index (κ1) is 15.9. The van der Waals surface area contributed by atoms with Crippen LogP contribution in [-0.2, 0) is 9.47 Å². The Morgan fingerprint density at radius 2 is 1.67 bits per heavy atom. The molecule has 0 spiro atoms. The standard InChI is InChI=1S/C13H29N3O2/c1-10-8-16(9-11(2)15(10)3)12(7-14)6-13(17-4)18-5/h10-13H,6-9,14H2,1-5H3. The first-order valence-corrected chi connectivity index (χ1v) is 6.75. The van der Waals surface area contributed by atoms with Crippen LogP contribution >= 0.6 is 0 Å². The highest BCUT2D eigenvalue weighted by molar-refractivity contribution is 4.87. The van der Waals surface area contributed by atoms with E-state index in [0.717, 1.165) is 19.5 Å². The zero-order valence-electron chi connectivity index (χ0n) is 12.4. The van der Waals surface area contributed by atoms with Gasteiger partial charge in [-0.3, -0.25) is 9.80 Å². The summed E-state index contributed by atoms with van der Waals surface area (Å²) in [6, 6.07) is 1.45. The Morgan fingerprint density at radius 1 is 1.17 bits per heavy atom. The van der Waals surface area contributed by atoms with Gasteiger partial charge in [0.05, 0.1) is 0 Å². The number of hydrogen-bond acceptors (Lipinski definition) is 5. The molecule has 5 heteroatoms. The van der Waals surface area contributed by atoms with Gasteiger partial charge in [-0.25, -0.2) is 0 Å². The lowest BCUT2D eigenvalue weighted by Crippen LogP contribution is -2.59. The van der Waals surface area contributed by atoms with Crippen LogP contribution in [0.4, 0.5) is 0 Å². The minimum absolute atomic E-state index is 0.163. The first-order valence-electron chi connectivity index (χ1n) is 6.75. The second kappa shape index (κ2) is 7.40. The van der Waals surface area contributed by atoms with Crippen LogP contribution in [0.3, 0.4) is 0 Å². The largest absolute Gasteiger partial charge is 0.356 e. The van der Waals surface area contributed by atoms with Crippen molar-refractivity contribution in [2.75, 3.05) is 40.9 Å². The lowest BCUT2D eigenvalue weighted by molar-refractivity contribution is -0.120. The minimum atomic E-state index is -0.163. The summed E-state index contributed by atoms with van der Waals surface area (Å²) in [4.78, 5) is 4.90. The van der Waals surface area contributed by atoms with E-state index in [4.69, 9.17) is 15.2 Å². The summed E-state index contributed by atoms with van der Waals surface area (Å²) in [5.41, 5.74) is 5.92. The third-order valence-corrected chi connectivity index (χ3v) is 4.17. The fourth-order valence-corrected chi connectivity index (χ4v) is 2.65. The highest BCUT2D eigenvalue weighted by atomic mass is 16.7. The van der Waals surface area contributed by atoms with Gasteiger partial charge in [0.25, 0.3) is 0 Å². The zero-order chi connectivity index (χ0) is 13.7. The molecule has 0 aromatic carbocycles. The van der Waals surface area contributed by atoms with E-state index in [2.05, 4.69) is 30.7 Å². The zero-order valence-corrected chi connectivity index (χ0v) is 12.4. The lowest BCUT2D eigenvalue weighted by atomic mass is 10.0. The molecule has 18 heavy (non-hydrogen) atoms. The Bertz CT molecular complexity index is 224. The minimum Gasteiger partial charge on any atom is -0.356 e. The normalized spacial score (nSPS) is 28.8. The lowest BCUT2D eigenvalue weighted by Gasteiger charge is -2.45. The van der Waals surface area contributed by atoms with Gasteiger partial charge in [0, 0.05) is 58.4 Å². The molecule has 5 nitrogen and oxygen atoms in total. The number of rotatable bonds is 6. The Kier molecular flexibility index (Phi) is 6.52. The molecule has 0 bridgehead atoms. The predicted octanol–water partition coefficient (Wildman–Crippen LogP) is 0.347. The monoisotopic (exact) mass is 259 g/mol. The van der Waals surface area contributed by atoms with Crippen molar-refractivity contribution in [1.29, 1.82) is 0 Å². The molecule has 108 valence electrons. The van der Waals surface area contributed by atoms with E-state index in [0.29, 0.717) is 24.7 Å². The molecule has 0 amide bonds. The van der Waals surface area contributed by atoms with Crippen LogP contribution in [-0.4, -0.2) is 75.1 Å². The molecule has 3 unspecified atom stereocenters. The molecule has 0 radical (unpaired) electrons. The smallest absolute Gasteiger partial charge is 0.158 e. The number of nitrogens with two attached hydrogens (primary N) is 1. The highest BCUT2D eigenvalue weighted by Gasteiger charge is 2.31. The van der Waals surface area contributed by atoms with Gasteiger partial charge in [-0.05, 0) is 20.9 Å². The number of hydrogen-bond donors (Lipinski definition) is 1. The van der Waals surface area contributed by atoms with Gasteiger partial charge in [-0.2, -0.15) is 0 Å². The van der Waals surface area contributed by atoms with Crippen molar-refractivity contribution in [1.82, 2.24) is 9.80 Å². The van der Waals surface area contributed by atoms with E-state index < -0.39 is 0 Å². The average molecular weight is 259 g/mol. The Labute approximate surface area is 111 Å². The number of ether oxygens (including phenoxy) is 2. The molecule has 3 atom stereocenters. The second-order valence-electron chi connectivity index (χ2n) is 5.34. The summed E-state index contributed by atoms with van der Waals surface area (Å²) in [6.07, 6.45) is 0.663. The number of likely N-dealkylation sites (N-methyl/N-ethyl adjacent to an activating group) is 1. The average Bonchev–Trinajstić information content (AvgIpc) is 2.37. The van der Waals surface area contributed by atoms with Crippen LogP contribution in [0.1, 0.15) is 20.3 Å². The van der Waals surface area contributed by atoms with Crippen molar-refractivity contribution in [3.63, 3.8) is 0 Å². The van der Waals surface area contributed by atoms with E-state index in [-0.39, 0.29) is 6.29 Å². The summed E-state index contributed by atoms with van der Waals surface area (Å²) >= 11 is 0. The third-order valence-electron chi connectivity index (χ3n) is 4.17. The summed E-state index contributed by atoms with van der Waals surface area (Å²) < 4.78 is 10.6. The van der Waals surface area contributed by atoms with Gasteiger partial charge in [0.2, 0.25) is 0 Å². The number of nitrogens with zero attached hydrogens (tertiary/aromatic N) is 2. The second-order valence-corrected chi connectivity index (χ2v) is 5.34. The fraction of sp³-hybridized carbons (Fsp3) is 1.00. The van der Waals surface area contributed by atoms with Crippen LogP contribution in [0.25, 0.3) is 0 Å². The molecule has 1 heterocycles. The van der Waals surface area contributed by atoms with Gasteiger partial charge in [-0.1, -0.05) is 0 Å². The van der Waals surface area contributed by atoms with Crippen molar-refractivity contribution >= 4 is 0 Å². The van der Waals surface area contributed by atoms with Crippen LogP contribution in [0.2, 0.25) is 0 Å². The molecule has 1 rings (SSSR count). The van der Waals surface area contributed by atoms with Crippen molar-refractivity contribution in [3.8, 4) is 0 Å². The first-order chi connectivity index (χ1) is 8.53. The molecule has 1 aliphatic heterocycles. The van der Waals surface area contributed by atoms with Crippen molar-refractivity contribution < 1.29 is 9.47 Å². The van der Waals surface area contributed by atoms with Crippen molar-refractivity contribution in [2.45, 2.75) is 44.7 Å².